The van der Waals surface area contributed by atoms with Crippen molar-refractivity contribution in [2.75, 3.05) is 4.72 Å². The van der Waals surface area contributed by atoms with E-state index >= 15 is 0 Å². The summed E-state index contributed by atoms with van der Waals surface area (Å²) in [6.07, 6.45) is 0.913. The topological polar surface area (TPSA) is 106 Å². The number of anilines is 1. The van der Waals surface area contributed by atoms with Crippen molar-refractivity contribution in [3.8, 4) is 16.3 Å². The van der Waals surface area contributed by atoms with E-state index in [0.717, 1.165) is 11.3 Å². The predicted octanol–water partition coefficient (Wildman–Crippen LogP) is 4.24. The average Bonchev–Trinajstić information content (AvgIpc) is 3.14. The standard InChI is InChI=1S/C19H17FN2O5S2/c1-11(2)27-16-9-13(19(23)24)5-8-15(16)22-29(25,26)17-10-21-18(28-17)12-3-6-14(20)7-4-12/h3-11,22H,1-2H3,(H,23,24). The van der Waals surface area contributed by atoms with E-state index < -0.39 is 21.8 Å². The van der Waals surface area contributed by atoms with Crippen LogP contribution in [-0.4, -0.2) is 30.6 Å². The fourth-order valence-corrected chi connectivity index (χ4v) is 4.60. The summed E-state index contributed by atoms with van der Waals surface area (Å²) in [5, 5.41) is 9.57. The van der Waals surface area contributed by atoms with Gasteiger partial charge < -0.3 is 9.84 Å². The van der Waals surface area contributed by atoms with E-state index in [4.69, 9.17) is 9.84 Å². The highest BCUT2D eigenvalue weighted by Crippen LogP contribution is 2.32. The Morgan fingerprint density at radius 1 is 1.21 bits per heavy atom. The third-order valence-electron chi connectivity index (χ3n) is 3.68. The van der Waals surface area contributed by atoms with Crippen molar-refractivity contribution in [2.24, 2.45) is 0 Å². The van der Waals surface area contributed by atoms with Crippen molar-refractivity contribution in [3.05, 3.63) is 60.0 Å². The molecule has 0 saturated heterocycles. The lowest BCUT2D eigenvalue weighted by Crippen LogP contribution is -2.15. The van der Waals surface area contributed by atoms with Gasteiger partial charge in [-0.25, -0.2) is 22.6 Å². The minimum absolute atomic E-state index is 0.0278. The van der Waals surface area contributed by atoms with E-state index in [1.54, 1.807) is 13.8 Å². The Hall–Kier alpha value is -2.98. The number of nitrogens with one attached hydrogen (secondary N) is 1. The molecular weight excluding hydrogens is 419 g/mol. The van der Waals surface area contributed by atoms with Crippen LogP contribution in [0.15, 0.2) is 52.9 Å². The van der Waals surface area contributed by atoms with Gasteiger partial charge >= 0.3 is 5.97 Å². The van der Waals surface area contributed by atoms with Gasteiger partial charge in [0.25, 0.3) is 10.0 Å². The van der Waals surface area contributed by atoms with Crippen LogP contribution in [-0.2, 0) is 10.0 Å². The zero-order chi connectivity index (χ0) is 21.2. The second kappa shape index (κ2) is 8.18. The number of aromatic nitrogens is 1. The highest BCUT2D eigenvalue weighted by molar-refractivity contribution is 7.94. The zero-order valence-corrected chi connectivity index (χ0v) is 17.1. The van der Waals surface area contributed by atoms with Crippen LogP contribution < -0.4 is 9.46 Å². The maximum atomic E-state index is 13.1. The maximum absolute atomic E-state index is 13.1. The molecule has 7 nitrogen and oxygen atoms in total. The summed E-state index contributed by atoms with van der Waals surface area (Å²) < 4.78 is 46.6. The van der Waals surface area contributed by atoms with Gasteiger partial charge in [0, 0.05) is 5.56 Å². The monoisotopic (exact) mass is 436 g/mol. The van der Waals surface area contributed by atoms with Crippen LogP contribution in [0.4, 0.5) is 10.1 Å². The lowest BCUT2D eigenvalue weighted by molar-refractivity contribution is 0.0696. The highest BCUT2D eigenvalue weighted by Gasteiger charge is 2.21. The van der Waals surface area contributed by atoms with Gasteiger partial charge in [0.1, 0.15) is 16.6 Å². The summed E-state index contributed by atoms with van der Waals surface area (Å²) in [6.45, 7) is 3.48. The van der Waals surface area contributed by atoms with Crippen molar-refractivity contribution in [1.82, 2.24) is 4.98 Å². The number of aromatic carboxylic acids is 1. The second-order valence-electron chi connectivity index (χ2n) is 6.28. The van der Waals surface area contributed by atoms with Gasteiger partial charge in [0.2, 0.25) is 0 Å². The molecule has 0 aliphatic heterocycles. The first-order valence-electron chi connectivity index (χ1n) is 8.44. The molecule has 0 amide bonds. The molecule has 152 valence electrons. The van der Waals surface area contributed by atoms with Gasteiger partial charge in [-0.05, 0) is 56.3 Å². The van der Waals surface area contributed by atoms with Crippen LogP contribution in [0.3, 0.4) is 0 Å². The summed E-state index contributed by atoms with van der Waals surface area (Å²) in [6, 6.07) is 9.43. The number of carboxylic acids is 1. The molecule has 0 radical (unpaired) electrons. The first-order valence-corrected chi connectivity index (χ1v) is 10.7. The van der Waals surface area contributed by atoms with Crippen LogP contribution in [0.2, 0.25) is 0 Å². The van der Waals surface area contributed by atoms with Gasteiger partial charge in [-0.3, -0.25) is 4.72 Å². The molecule has 3 aromatic rings. The normalized spacial score (nSPS) is 11.4. The molecule has 0 fully saturated rings. The van der Waals surface area contributed by atoms with Crippen LogP contribution in [0.1, 0.15) is 24.2 Å². The number of thiazole rings is 1. The number of hydrogen-bond acceptors (Lipinski definition) is 6. The molecule has 3 rings (SSSR count). The molecule has 0 atom stereocenters. The second-order valence-corrected chi connectivity index (χ2v) is 9.22. The average molecular weight is 436 g/mol. The number of nitrogens with zero attached hydrogens (tertiary/aromatic N) is 1. The largest absolute Gasteiger partial charge is 0.489 e. The van der Waals surface area contributed by atoms with E-state index in [-0.39, 0.29) is 27.3 Å². The lowest BCUT2D eigenvalue weighted by Gasteiger charge is -2.16. The number of benzene rings is 2. The molecule has 0 aliphatic carbocycles. The number of rotatable bonds is 7. The van der Waals surface area contributed by atoms with Crippen LogP contribution >= 0.6 is 11.3 Å². The van der Waals surface area contributed by atoms with Crippen molar-refractivity contribution in [1.29, 1.82) is 0 Å². The Morgan fingerprint density at radius 3 is 2.52 bits per heavy atom. The minimum atomic E-state index is -4.00. The number of hydrogen-bond donors (Lipinski definition) is 2. The fraction of sp³-hybridized carbons (Fsp3) is 0.158. The fourth-order valence-electron chi connectivity index (χ4n) is 2.40. The molecule has 10 heteroatoms. The molecule has 2 N–H and O–H groups in total. The Kier molecular flexibility index (Phi) is 5.85. The lowest BCUT2D eigenvalue weighted by atomic mass is 10.2. The smallest absolute Gasteiger partial charge is 0.335 e. The molecular formula is C19H17FN2O5S2. The van der Waals surface area contributed by atoms with E-state index in [2.05, 4.69) is 9.71 Å². The van der Waals surface area contributed by atoms with Gasteiger partial charge in [0.15, 0.2) is 4.21 Å². The van der Waals surface area contributed by atoms with Crippen LogP contribution in [0.25, 0.3) is 10.6 Å². The van der Waals surface area contributed by atoms with E-state index in [1.807, 2.05) is 0 Å². The van der Waals surface area contributed by atoms with Crippen molar-refractivity contribution < 1.29 is 27.4 Å². The highest BCUT2D eigenvalue weighted by atomic mass is 32.2. The van der Waals surface area contributed by atoms with Gasteiger partial charge in [-0.1, -0.05) is 0 Å². The number of ether oxygens (including phenoxy) is 1. The number of halogens is 1. The van der Waals surface area contributed by atoms with E-state index in [1.165, 1.54) is 48.7 Å². The SMILES string of the molecule is CC(C)Oc1cc(C(=O)O)ccc1NS(=O)(=O)c1cnc(-c2ccc(F)cc2)s1. The Balaban J connectivity index is 1.91. The summed E-state index contributed by atoms with van der Waals surface area (Å²) in [5.41, 5.74) is 0.674. The Morgan fingerprint density at radius 2 is 1.90 bits per heavy atom. The van der Waals surface area contributed by atoms with Gasteiger partial charge in [-0.2, -0.15) is 0 Å². The number of carbonyl (C=O) groups is 1. The summed E-state index contributed by atoms with van der Waals surface area (Å²) in [4.78, 5) is 15.3. The summed E-state index contributed by atoms with van der Waals surface area (Å²) in [7, 11) is -4.00. The molecule has 0 saturated carbocycles. The number of sulfonamides is 1. The van der Waals surface area contributed by atoms with Crippen LogP contribution in [0, 0.1) is 5.82 Å². The van der Waals surface area contributed by atoms with Crippen molar-refractivity contribution in [2.45, 2.75) is 24.2 Å². The quantitative estimate of drug-likeness (QED) is 0.574. The van der Waals surface area contributed by atoms with Crippen LogP contribution in [0.5, 0.6) is 5.75 Å². The third kappa shape index (κ3) is 4.90. The van der Waals surface area contributed by atoms with Crippen molar-refractivity contribution >= 4 is 33.0 Å². The molecule has 0 bridgehead atoms. The third-order valence-corrected chi connectivity index (χ3v) is 6.55. The molecule has 1 heterocycles. The molecule has 2 aromatic carbocycles. The van der Waals surface area contributed by atoms with Crippen molar-refractivity contribution in [3.63, 3.8) is 0 Å². The van der Waals surface area contributed by atoms with Gasteiger partial charge in [0.05, 0.1) is 23.6 Å². The van der Waals surface area contributed by atoms with Gasteiger partial charge in [-0.15, -0.1) is 11.3 Å². The summed E-state index contributed by atoms with van der Waals surface area (Å²) >= 11 is 0.927. The maximum Gasteiger partial charge on any atom is 0.335 e. The predicted molar refractivity (Wildman–Crippen MR) is 107 cm³/mol. The molecule has 29 heavy (non-hydrogen) atoms. The van der Waals surface area contributed by atoms with E-state index in [0.29, 0.717) is 10.6 Å². The summed E-state index contributed by atoms with van der Waals surface area (Å²) in [5.74, 6) is -1.45. The zero-order valence-electron chi connectivity index (χ0n) is 15.4. The Bertz CT molecular complexity index is 1140. The first kappa shape index (κ1) is 20.7. The number of carboxylic acid groups (broad SMARTS) is 1. The molecule has 0 unspecified atom stereocenters. The first-order chi connectivity index (χ1) is 13.7. The minimum Gasteiger partial charge on any atom is -0.489 e. The molecule has 0 aliphatic rings. The van der Waals surface area contributed by atoms with E-state index in [9.17, 15) is 17.6 Å². The molecule has 0 spiro atoms. The Labute approximate surface area is 170 Å². The molecule has 1 aromatic heterocycles.